The van der Waals surface area contributed by atoms with E-state index in [9.17, 15) is 4.79 Å². The number of hydrogen-bond donors (Lipinski definition) is 0. The summed E-state index contributed by atoms with van der Waals surface area (Å²) in [6, 6.07) is 9.39. The van der Waals surface area contributed by atoms with Gasteiger partial charge in [-0.1, -0.05) is 41.7 Å². The normalized spacial score (nSPS) is 9.56. The zero-order chi connectivity index (χ0) is 10.7. The van der Waals surface area contributed by atoms with Gasteiger partial charge in [0.25, 0.3) is 0 Å². The maximum absolute atomic E-state index is 11.8. The molecule has 16 heavy (non-hydrogen) atoms. The fraction of sp³-hybridized carbons (Fsp3) is 0.167. The van der Waals surface area contributed by atoms with Crippen LogP contribution in [0.5, 0.6) is 0 Å². The number of aromatic nitrogens is 1. The Hall–Kier alpha value is -1.000. The molecule has 0 bridgehead atoms. The second-order valence-corrected chi connectivity index (χ2v) is 4.14. The van der Waals surface area contributed by atoms with E-state index >= 15 is 0 Å². The number of thiazole rings is 1. The molecule has 0 amide bonds. The number of nitrogens with zero attached hydrogens (tertiary/aromatic N) is 1. The molecule has 0 fully saturated rings. The summed E-state index contributed by atoms with van der Waals surface area (Å²) >= 11 is 1.61. The van der Waals surface area contributed by atoms with Gasteiger partial charge in [0, 0.05) is 12.5 Å². The van der Waals surface area contributed by atoms with Crippen molar-refractivity contribution in [3.63, 3.8) is 0 Å². The first-order valence-corrected chi connectivity index (χ1v) is 5.72. The smallest absolute Gasteiger partial charge is 0.227 e. The summed E-state index contributed by atoms with van der Waals surface area (Å²) in [7, 11) is 0. The Morgan fingerprint density at radius 2 is 2.00 bits per heavy atom. The van der Waals surface area contributed by atoms with E-state index in [0.29, 0.717) is 6.54 Å². The van der Waals surface area contributed by atoms with Crippen LogP contribution in [-0.4, -0.2) is 5.78 Å². The number of ketones is 1. The highest BCUT2D eigenvalue weighted by Gasteiger charge is 2.14. The van der Waals surface area contributed by atoms with E-state index in [-0.39, 0.29) is 22.8 Å². The van der Waals surface area contributed by atoms with Crippen LogP contribution in [-0.2, 0) is 6.54 Å². The van der Waals surface area contributed by atoms with Crippen molar-refractivity contribution in [2.24, 2.45) is 0 Å². The molecular weight excluding hydrogens is 286 g/mol. The second kappa shape index (κ2) is 5.92. The van der Waals surface area contributed by atoms with Gasteiger partial charge in [-0.15, -0.1) is 0 Å². The molecule has 0 saturated heterocycles. The molecule has 2 aromatic rings. The average molecular weight is 298 g/mol. The van der Waals surface area contributed by atoms with E-state index in [2.05, 4.69) is 0 Å². The van der Waals surface area contributed by atoms with E-state index in [4.69, 9.17) is 0 Å². The maximum Gasteiger partial charge on any atom is 0.227 e. The van der Waals surface area contributed by atoms with Gasteiger partial charge in [0.2, 0.25) is 17.8 Å². The maximum atomic E-state index is 11.8. The predicted octanol–water partition coefficient (Wildman–Crippen LogP) is -0.769. The second-order valence-electron chi connectivity index (χ2n) is 3.42. The molecule has 0 aliphatic heterocycles. The number of aryl methyl sites for hydroxylation is 1. The van der Waals surface area contributed by atoms with Crippen molar-refractivity contribution in [2.45, 2.75) is 13.5 Å². The zero-order valence-corrected chi connectivity index (χ0v) is 11.3. The van der Waals surface area contributed by atoms with Crippen LogP contribution in [0, 0.1) is 6.92 Å². The van der Waals surface area contributed by atoms with Crippen LogP contribution < -0.4 is 21.5 Å². The first-order chi connectivity index (χ1) is 7.27. The Morgan fingerprint density at radius 3 is 2.56 bits per heavy atom. The molecule has 0 aliphatic carbocycles. The molecule has 1 heterocycles. The van der Waals surface area contributed by atoms with Gasteiger partial charge in [-0.3, -0.25) is 4.79 Å². The summed E-state index contributed by atoms with van der Waals surface area (Å²) in [6.45, 7) is 2.44. The Kier molecular flexibility index (Phi) is 4.83. The van der Waals surface area contributed by atoms with Gasteiger partial charge in [-0.2, -0.15) is 4.57 Å². The SMILES string of the molecule is Cc1csc[n+]1CC(=O)c1ccccc1.[Br-]. The molecule has 84 valence electrons. The van der Waals surface area contributed by atoms with Crippen LogP contribution in [0.3, 0.4) is 0 Å². The molecule has 1 aromatic carbocycles. The first-order valence-electron chi connectivity index (χ1n) is 4.78. The molecule has 0 aliphatic rings. The van der Waals surface area contributed by atoms with Crippen LogP contribution in [0.4, 0.5) is 0 Å². The number of halogens is 1. The molecular formula is C12H12BrNOS. The Labute approximate surface area is 109 Å². The minimum atomic E-state index is 0. The topological polar surface area (TPSA) is 20.9 Å². The number of carbonyl (C=O) groups is 1. The van der Waals surface area contributed by atoms with E-state index in [1.54, 1.807) is 11.3 Å². The van der Waals surface area contributed by atoms with Gasteiger partial charge in [0.1, 0.15) is 0 Å². The standard InChI is InChI=1S/C12H12NOS.BrH/c1-10-8-15-9-13(10)7-12(14)11-5-3-2-4-6-11;/h2-6,8-9H,7H2,1H3;1H/q+1;/p-1. The van der Waals surface area contributed by atoms with Crippen LogP contribution in [0.1, 0.15) is 16.1 Å². The lowest BCUT2D eigenvalue weighted by Crippen LogP contribution is -3.00. The molecule has 2 nitrogen and oxygen atoms in total. The fourth-order valence-corrected chi connectivity index (χ4v) is 2.17. The van der Waals surface area contributed by atoms with Gasteiger partial charge in [0.15, 0.2) is 5.69 Å². The fourth-order valence-electron chi connectivity index (χ4n) is 1.39. The van der Waals surface area contributed by atoms with Crippen molar-refractivity contribution in [1.29, 1.82) is 0 Å². The Bertz CT molecular complexity index is 467. The van der Waals surface area contributed by atoms with E-state index in [1.807, 2.05) is 52.7 Å². The highest BCUT2D eigenvalue weighted by atomic mass is 79.9. The van der Waals surface area contributed by atoms with Gasteiger partial charge in [0.05, 0.1) is 5.38 Å². The minimum absolute atomic E-state index is 0. The summed E-state index contributed by atoms with van der Waals surface area (Å²) in [6.07, 6.45) is 0. The molecule has 4 heteroatoms. The summed E-state index contributed by atoms with van der Waals surface area (Å²) in [5, 5.41) is 2.04. The lowest BCUT2D eigenvalue weighted by atomic mass is 10.1. The van der Waals surface area contributed by atoms with Crippen molar-refractivity contribution in [3.8, 4) is 0 Å². The molecule has 0 saturated carbocycles. The van der Waals surface area contributed by atoms with Gasteiger partial charge in [-0.25, -0.2) is 0 Å². The third kappa shape index (κ3) is 3.00. The van der Waals surface area contributed by atoms with Crippen molar-refractivity contribution in [1.82, 2.24) is 0 Å². The van der Waals surface area contributed by atoms with Crippen molar-refractivity contribution >= 4 is 17.1 Å². The quantitative estimate of drug-likeness (QED) is 0.538. The lowest BCUT2D eigenvalue weighted by Gasteiger charge is -1.96. The lowest BCUT2D eigenvalue weighted by molar-refractivity contribution is -0.684. The monoisotopic (exact) mass is 297 g/mol. The summed E-state index contributed by atoms with van der Waals surface area (Å²) in [5.74, 6) is 0.155. The highest BCUT2D eigenvalue weighted by Crippen LogP contribution is 2.02. The largest absolute Gasteiger partial charge is 1.00 e. The molecule has 0 atom stereocenters. The number of Topliss-reactive ketones (excluding diaryl/α,β-unsaturated/α-hetero) is 1. The molecule has 0 spiro atoms. The predicted molar refractivity (Wildman–Crippen MR) is 60.0 cm³/mol. The summed E-state index contributed by atoms with van der Waals surface area (Å²) in [4.78, 5) is 11.8. The zero-order valence-electron chi connectivity index (χ0n) is 8.89. The number of hydrogen-bond acceptors (Lipinski definition) is 2. The van der Waals surface area contributed by atoms with Crippen LogP contribution in [0.25, 0.3) is 0 Å². The molecule has 0 N–H and O–H groups in total. The molecule has 1 aromatic heterocycles. The summed E-state index contributed by atoms with van der Waals surface area (Å²) in [5.41, 5.74) is 3.87. The average Bonchev–Trinajstić information content (AvgIpc) is 2.66. The van der Waals surface area contributed by atoms with Crippen LogP contribution >= 0.6 is 11.3 Å². The van der Waals surface area contributed by atoms with Gasteiger partial charge >= 0.3 is 0 Å². The van der Waals surface area contributed by atoms with Crippen molar-refractivity contribution in [3.05, 3.63) is 52.5 Å². The third-order valence-corrected chi connectivity index (χ3v) is 3.14. The van der Waals surface area contributed by atoms with Crippen LogP contribution in [0.15, 0.2) is 41.2 Å². The highest BCUT2D eigenvalue weighted by molar-refractivity contribution is 7.07. The van der Waals surface area contributed by atoms with Crippen molar-refractivity contribution in [2.75, 3.05) is 0 Å². The Morgan fingerprint density at radius 1 is 1.31 bits per heavy atom. The minimum Gasteiger partial charge on any atom is -1.00 e. The van der Waals surface area contributed by atoms with E-state index in [1.165, 1.54) is 0 Å². The van der Waals surface area contributed by atoms with Gasteiger partial charge < -0.3 is 17.0 Å². The molecule has 2 rings (SSSR count). The summed E-state index contributed by atoms with van der Waals surface area (Å²) < 4.78 is 1.97. The number of rotatable bonds is 3. The van der Waals surface area contributed by atoms with E-state index in [0.717, 1.165) is 11.3 Å². The third-order valence-electron chi connectivity index (χ3n) is 2.29. The molecule has 0 unspecified atom stereocenters. The van der Waals surface area contributed by atoms with Crippen molar-refractivity contribution < 1.29 is 26.3 Å². The Balaban J connectivity index is 0.00000128. The number of carbonyl (C=O) groups excluding carboxylic acids is 1. The molecule has 0 radical (unpaired) electrons. The first kappa shape index (κ1) is 13.1. The van der Waals surface area contributed by atoms with E-state index < -0.39 is 0 Å². The van der Waals surface area contributed by atoms with Gasteiger partial charge in [-0.05, 0) is 0 Å². The number of benzene rings is 1. The van der Waals surface area contributed by atoms with Crippen LogP contribution in [0.2, 0.25) is 0 Å².